The van der Waals surface area contributed by atoms with Crippen LogP contribution in [0.15, 0.2) is 57.5 Å². The number of halogens is 16. The van der Waals surface area contributed by atoms with Crippen LogP contribution in [-0.2, 0) is 12.8 Å². The van der Waals surface area contributed by atoms with E-state index in [1.54, 1.807) is 0 Å². The van der Waals surface area contributed by atoms with Crippen molar-refractivity contribution >= 4 is 31.9 Å². The monoisotopic (exact) mass is 688 g/mol. The largest absolute Gasteiger partial charge is 0.384 e. The summed E-state index contributed by atoms with van der Waals surface area (Å²) in [5.41, 5.74) is -1.71. The molecule has 0 saturated carbocycles. The fraction of sp³-hybridized carbons (Fsp3) is 0.429. The van der Waals surface area contributed by atoms with Crippen LogP contribution in [0.1, 0.15) is 11.1 Å². The van der Waals surface area contributed by atoms with Gasteiger partial charge in [0.15, 0.2) is 0 Å². The molecule has 0 nitrogen and oxygen atoms in total. The van der Waals surface area contributed by atoms with Gasteiger partial charge in [0.25, 0.3) is 0 Å². The van der Waals surface area contributed by atoms with E-state index >= 15 is 0 Å². The highest BCUT2D eigenvalue weighted by Gasteiger charge is 2.92. The molecule has 0 aliphatic rings. The van der Waals surface area contributed by atoms with Gasteiger partial charge in [0.1, 0.15) is 0 Å². The molecule has 0 amide bonds. The first-order valence-electron chi connectivity index (χ1n) is 9.58. The SMILES string of the molecule is FC(F)(Cc1ccc(Br)cc1)C(F)(F)C(F)(F)C(F)(F)C(F)(F)C(F)(F)C(F)(F)Cc1ccc(Br)cc1. The highest BCUT2D eigenvalue weighted by molar-refractivity contribution is 9.10. The minimum Gasteiger partial charge on any atom is -0.199 e. The summed E-state index contributed by atoms with van der Waals surface area (Å²) in [6.45, 7) is 0. The second kappa shape index (κ2) is 9.87. The van der Waals surface area contributed by atoms with Gasteiger partial charge in [-0.2, -0.15) is 61.5 Å². The zero-order chi connectivity index (χ0) is 28.9. The van der Waals surface area contributed by atoms with Crippen molar-refractivity contribution in [3.05, 3.63) is 68.6 Å². The van der Waals surface area contributed by atoms with Gasteiger partial charge < -0.3 is 0 Å². The summed E-state index contributed by atoms with van der Waals surface area (Å²) >= 11 is 5.66. The fourth-order valence-electron chi connectivity index (χ4n) is 2.99. The molecule has 2 aromatic rings. The lowest BCUT2D eigenvalue weighted by molar-refractivity contribution is -0.441. The van der Waals surface area contributed by atoms with Crippen molar-refractivity contribution < 1.29 is 61.5 Å². The van der Waals surface area contributed by atoms with Crippen molar-refractivity contribution in [2.24, 2.45) is 0 Å². The Kier molecular flexibility index (Phi) is 8.44. The minimum atomic E-state index is -8.08. The zero-order valence-corrected chi connectivity index (χ0v) is 20.8. The molecule has 0 aromatic heterocycles. The lowest BCUT2D eigenvalue weighted by Gasteiger charge is -2.42. The average molecular weight is 690 g/mol. The summed E-state index contributed by atoms with van der Waals surface area (Å²) in [5, 5.41) is 0. The Morgan fingerprint density at radius 1 is 0.378 bits per heavy atom. The first-order valence-corrected chi connectivity index (χ1v) is 11.2. The molecule has 2 rings (SSSR count). The molecule has 208 valence electrons. The van der Waals surface area contributed by atoms with Crippen molar-refractivity contribution in [3.63, 3.8) is 0 Å². The Balaban J connectivity index is 2.48. The number of alkyl halides is 14. The van der Waals surface area contributed by atoms with E-state index in [2.05, 4.69) is 31.9 Å². The third-order valence-electron chi connectivity index (χ3n) is 5.17. The highest BCUT2D eigenvalue weighted by Crippen LogP contribution is 2.62. The molecule has 16 heteroatoms. The van der Waals surface area contributed by atoms with E-state index < -0.39 is 65.4 Å². The van der Waals surface area contributed by atoms with E-state index in [0.717, 1.165) is 24.3 Å². The maximum absolute atomic E-state index is 14.1. The van der Waals surface area contributed by atoms with Gasteiger partial charge in [0, 0.05) is 21.8 Å². The van der Waals surface area contributed by atoms with E-state index in [4.69, 9.17) is 0 Å². The predicted molar refractivity (Wildman–Crippen MR) is 110 cm³/mol. The highest BCUT2D eigenvalue weighted by atomic mass is 79.9. The summed E-state index contributed by atoms with van der Waals surface area (Å²) in [5.74, 6) is -51.2. The van der Waals surface area contributed by atoms with Crippen molar-refractivity contribution in [3.8, 4) is 0 Å². The molecule has 0 fully saturated rings. The molecule has 0 atom stereocenters. The lowest BCUT2D eigenvalue weighted by Crippen LogP contribution is -2.73. The van der Waals surface area contributed by atoms with Crippen LogP contribution >= 0.6 is 31.9 Å². The third kappa shape index (κ3) is 5.33. The molecule has 0 spiro atoms. The molecule has 0 unspecified atom stereocenters. The standard InChI is InChI=1S/C21H12Br2F14/c22-13-5-1-11(2-6-13)9-15(24,25)17(28,29)19(32,33)21(36,37)20(34,35)18(30,31)16(26,27)10-12-3-7-14(23)8-4-12/h1-8H,9-10H2. The molecule has 0 aliphatic heterocycles. The van der Waals surface area contributed by atoms with Gasteiger partial charge in [0.2, 0.25) is 0 Å². The Hall–Kier alpha value is -1.58. The summed E-state index contributed by atoms with van der Waals surface area (Å²) in [4.78, 5) is 0. The second-order valence-corrected chi connectivity index (χ2v) is 9.72. The first kappa shape index (κ1) is 31.6. The summed E-state index contributed by atoms with van der Waals surface area (Å²) in [6.07, 6.45) is -4.83. The molecule has 2 aromatic carbocycles. The summed E-state index contributed by atoms with van der Waals surface area (Å²) in [6, 6.07) is 6.48. The van der Waals surface area contributed by atoms with E-state index in [0.29, 0.717) is 24.3 Å². The summed E-state index contributed by atoms with van der Waals surface area (Å²) in [7, 11) is 0. The normalized spacial score (nSPS) is 14.7. The Labute approximate surface area is 216 Å². The van der Waals surface area contributed by atoms with Crippen molar-refractivity contribution in [2.45, 2.75) is 54.3 Å². The Bertz CT molecular complexity index is 994. The van der Waals surface area contributed by atoms with Gasteiger partial charge >= 0.3 is 41.5 Å². The van der Waals surface area contributed by atoms with Crippen molar-refractivity contribution in [2.75, 3.05) is 0 Å². The van der Waals surface area contributed by atoms with Crippen LogP contribution in [0.5, 0.6) is 0 Å². The quantitative estimate of drug-likeness (QED) is 0.218. The van der Waals surface area contributed by atoms with E-state index in [1.807, 2.05) is 0 Å². The van der Waals surface area contributed by atoms with Crippen LogP contribution in [0.2, 0.25) is 0 Å². The molecule has 0 radical (unpaired) electrons. The molecule has 0 aliphatic carbocycles. The van der Waals surface area contributed by atoms with Crippen LogP contribution < -0.4 is 0 Å². The maximum atomic E-state index is 14.1. The van der Waals surface area contributed by atoms with E-state index in [-0.39, 0.29) is 8.95 Å². The fourth-order valence-corrected chi connectivity index (χ4v) is 3.52. The van der Waals surface area contributed by atoms with Crippen LogP contribution in [0.25, 0.3) is 0 Å². The Morgan fingerprint density at radius 3 is 0.838 bits per heavy atom. The molecule has 0 heterocycles. The van der Waals surface area contributed by atoms with Gasteiger partial charge in [0.05, 0.1) is 0 Å². The number of rotatable bonds is 10. The minimum absolute atomic E-state index is 0.189. The van der Waals surface area contributed by atoms with Crippen LogP contribution in [0.3, 0.4) is 0 Å². The van der Waals surface area contributed by atoms with Crippen molar-refractivity contribution in [1.29, 1.82) is 0 Å². The zero-order valence-electron chi connectivity index (χ0n) is 17.6. The molecule has 37 heavy (non-hydrogen) atoms. The van der Waals surface area contributed by atoms with Gasteiger partial charge in [-0.15, -0.1) is 0 Å². The van der Waals surface area contributed by atoms with Crippen molar-refractivity contribution in [1.82, 2.24) is 0 Å². The number of hydrogen-bond donors (Lipinski definition) is 0. The number of hydrogen-bond acceptors (Lipinski definition) is 0. The van der Waals surface area contributed by atoms with Crippen LogP contribution in [0, 0.1) is 0 Å². The van der Waals surface area contributed by atoms with Gasteiger partial charge in [-0.05, 0) is 35.4 Å². The first-order chi connectivity index (χ1) is 16.4. The molecular formula is C21H12Br2F14. The predicted octanol–water partition coefficient (Wildman–Crippen LogP) is 9.44. The smallest absolute Gasteiger partial charge is 0.199 e. The molecule has 0 N–H and O–H groups in total. The van der Waals surface area contributed by atoms with E-state index in [9.17, 15) is 61.5 Å². The lowest BCUT2D eigenvalue weighted by atomic mass is 9.86. The van der Waals surface area contributed by atoms with Crippen LogP contribution in [-0.4, -0.2) is 41.5 Å². The molecule has 0 saturated heterocycles. The van der Waals surface area contributed by atoms with Gasteiger partial charge in [-0.1, -0.05) is 56.1 Å². The molecule has 0 bridgehead atoms. The van der Waals surface area contributed by atoms with Gasteiger partial charge in [-0.25, -0.2) is 0 Å². The molecular weight excluding hydrogens is 678 g/mol. The van der Waals surface area contributed by atoms with Gasteiger partial charge in [-0.3, -0.25) is 0 Å². The van der Waals surface area contributed by atoms with E-state index in [1.165, 1.54) is 0 Å². The second-order valence-electron chi connectivity index (χ2n) is 7.89. The topological polar surface area (TPSA) is 0 Å². The summed E-state index contributed by atoms with van der Waals surface area (Å²) < 4.78 is 198. The Morgan fingerprint density at radius 2 is 0.595 bits per heavy atom. The third-order valence-corrected chi connectivity index (χ3v) is 6.23. The number of benzene rings is 2. The van der Waals surface area contributed by atoms with Crippen LogP contribution in [0.4, 0.5) is 61.5 Å². The maximum Gasteiger partial charge on any atom is 0.384 e. The average Bonchev–Trinajstić information content (AvgIpc) is 2.75.